The summed E-state index contributed by atoms with van der Waals surface area (Å²) in [5.41, 5.74) is 1.22. The van der Waals surface area contributed by atoms with Crippen LogP contribution in [0, 0.1) is 0 Å². The molecule has 0 saturated carbocycles. The Morgan fingerprint density at radius 2 is 1.72 bits per heavy atom. The molecule has 0 radical (unpaired) electrons. The molecule has 0 unspecified atom stereocenters. The molecule has 0 spiro atoms. The lowest BCUT2D eigenvalue weighted by Gasteiger charge is -2.21. The standard InChI is InChI=1S/C22H25N3O5S2/c1-4-10-25(11-5-2)32(27,28)16-8-6-15(7-9-16)21(26)23-22-24(3)17-12-18-19(30-14-29-18)13-20(17)31-22/h6-9,12-13H,4-5,10-11,14H2,1-3H3. The number of aromatic nitrogens is 1. The minimum Gasteiger partial charge on any atom is -0.454 e. The van der Waals surface area contributed by atoms with Crippen LogP contribution in [0.5, 0.6) is 11.5 Å². The van der Waals surface area contributed by atoms with Crippen molar-refractivity contribution in [1.82, 2.24) is 8.87 Å². The highest BCUT2D eigenvalue weighted by Gasteiger charge is 2.23. The first-order valence-corrected chi connectivity index (χ1v) is 12.7. The predicted octanol–water partition coefficient (Wildman–Crippen LogP) is 3.52. The molecule has 8 nitrogen and oxygen atoms in total. The number of fused-ring (bicyclic) bond motifs is 2. The molecular weight excluding hydrogens is 450 g/mol. The van der Waals surface area contributed by atoms with Crippen LogP contribution in [0.1, 0.15) is 37.0 Å². The van der Waals surface area contributed by atoms with Crippen molar-refractivity contribution in [3.8, 4) is 11.5 Å². The molecule has 0 N–H and O–H groups in total. The van der Waals surface area contributed by atoms with Crippen molar-refractivity contribution in [2.75, 3.05) is 19.9 Å². The Labute approximate surface area is 190 Å². The topological polar surface area (TPSA) is 90.2 Å². The molecule has 4 rings (SSSR count). The monoisotopic (exact) mass is 475 g/mol. The Morgan fingerprint density at radius 3 is 2.34 bits per heavy atom. The van der Waals surface area contributed by atoms with Crippen LogP contribution in [-0.2, 0) is 17.1 Å². The van der Waals surface area contributed by atoms with Gasteiger partial charge in [0.2, 0.25) is 16.8 Å². The Kier molecular flexibility index (Phi) is 6.36. The van der Waals surface area contributed by atoms with Crippen LogP contribution in [-0.4, -0.2) is 43.1 Å². The van der Waals surface area contributed by atoms with Gasteiger partial charge < -0.3 is 14.0 Å². The first-order valence-electron chi connectivity index (χ1n) is 10.4. The molecule has 1 aliphatic heterocycles. The lowest BCUT2D eigenvalue weighted by molar-refractivity contribution is 0.0998. The summed E-state index contributed by atoms with van der Waals surface area (Å²) in [6.07, 6.45) is 1.48. The SMILES string of the molecule is CCCN(CCC)S(=O)(=O)c1ccc(C(=O)N=c2sc3cc4c(cc3n2C)OCO4)cc1. The smallest absolute Gasteiger partial charge is 0.279 e. The summed E-state index contributed by atoms with van der Waals surface area (Å²) in [6, 6.07) is 9.72. The van der Waals surface area contributed by atoms with E-state index in [2.05, 4.69) is 4.99 Å². The van der Waals surface area contributed by atoms with E-state index < -0.39 is 15.9 Å². The van der Waals surface area contributed by atoms with Crippen LogP contribution in [0.25, 0.3) is 10.2 Å². The van der Waals surface area contributed by atoms with Crippen molar-refractivity contribution in [2.45, 2.75) is 31.6 Å². The molecule has 170 valence electrons. The summed E-state index contributed by atoms with van der Waals surface area (Å²) in [5.74, 6) is 0.907. The van der Waals surface area contributed by atoms with Crippen LogP contribution in [0.4, 0.5) is 0 Å². The zero-order chi connectivity index (χ0) is 22.9. The maximum Gasteiger partial charge on any atom is 0.279 e. The lowest BCUT2D eigenvalue weighted by atomic mass is 10.2. The van der Waals surface area contributed by atoms with Crippen LogP contribution < -0.4 is 14.3 Å². The molecule has 2 aromatic carbocycles. The van der Waals surface area contributed by atoms with E-state index in [9.17, 15) is 13.2 Å². The van der Waals surface area contributed by atoms with Gasteiger partial charge in [0.15, 0.2) is 16.3 Å². The van der Waals surface area contributed by atoms with Crippen molar-refractivity contribution >= 4 is 37.5 Å². The van der Waals surface area contributed by atoms with E-state index in [1.165, 1.54) is 39.9 Å². The van der Waals surface area contributed by atoms with Crippen molar-refractivity contribution in [3.63, 3.8) is 0 Å². The van der Waals surface area contributed by atoms with Crippen molar-refractivity contribution in [3.05, 3.63) is 46.8 Å². The van der Waals surface area contributed by atoms with Crippen LogP contribution in [0.3, 0.4) is 0 Å². The average Bonchev–Trinajstić information content (AvgIpc) is 3.36. The Morgan fingerprint density at radius 1 is 1.09 bits per heavy atom. The van der Waals surface area contributed by atoms with E-state index in [-0.39, 0.29) is 11.7 Å². The van der Waals surface area contributed by atoms with Gasteiger partial charge in [-0.05, 0) is 37.1 Å². The Bertz CT molecular complexity index is 1320. The summed E-state index contributed by atoms with van der Waals surface area (Å²) in [7, 11) is -1.76. The number of thiazole rings is 1. The van der Waals surface area contributed by atoms with Gasteiger partial charge in [-0.3, -0.25) is 4.79 Å². The minimum absolute atomic E-state index is 0.179. The second kappa shape index (κ2) is 9.05. The Balaban J connectivity index is 1.62. The number of carbonyl (C=O) groups is 1. The number of rotatable bonds is 7. The quantitative estimate of drug-likeness (QED) is 0.522. The molecular formula is C22H25N3O5S2. The van der Waals surface area contributed by atoms with Crippen LogP contribution >= 0.6 is 11.3 Å². The summed E-state index contributed by atoms with van der Waals surface area (Å²) >= 11 is 1.37. The fourth-order valence-electron chi connectivity index (χ4n) is 3.55. The normalized spacial score (nSPS) is 13.9. The first kappa shape index (κ1) is 22.5. The van der Waals surface area contributed by atoms with Crippen LogP contribution in [0.15, 0.2) is 46.3 Å². The highest BCUT2D eigenvalue weighted by atomic mass is 32.2. The van der Waals surface area contributed by atoms with Gasteiger partial charge in [-0.1, -0.05) is 25.2 Å². The largest absolute Gasteiger partial charge is 0.454 e. The van der Waals surface area contributed by atoms with Gasteiger partial charge in [0.25, 0.3) is 5.91 Å². The van der Waals surface area contributed by atoms with Gasteiger partial charge in [-0.25, -0.2) is 8.42 Å². The van der Waals surface area contributed by atoms with E-state index in [1.54, 1.807) is 0 Å². The molecule has 1 aromatic heterocycles. The zero-order valence-corrected chi connectivity index (χ0v) is 19.8. The maximum atomic E-state index is 12.9. The fraction of sp³-hybridized carbons (Fsp3) is 0.364. The predicted molar refractivity (Wildman–Crippen MR) is 123 cm³/mol. The number of benzene rings is 2. The van der Waals surface area contributed by atoms with Gasteiger partial charge in [-0.2, -0.15) is 9.30 Å². The van der Waals surface area contributed by atoms with Gasteiger partial charge >= 0.3 is 0 Å². The molecule has 0 bridgehead atoms. The van der Waals surface area contributed by atoms with Gasteiger partial charge in [0.05, 0.1) is 15.1 Å². The van der Waals surface area contributed by atoms with Gasteiger partial charge in [0, 0.05) is 37.8 Å². The number of ether oxygens (including phenoxy) is 2. The molecule has 0 atom stereocenters. The maximum absolute atomic E-state index is 12.9. The molecule has 1 amide bonds. The van der Waals surface area contributed by atoms with Gasteiger partial charge in [0.1, 0.15) is 0 Å². The second-order valence-electron chi connectivity index (χ2n) is 7.46. The van der Waals surface area contributed by atoms with E-state index in [1.807, 2.05) is 37.6 Å². The molecule has 0 aliphatic carbocycles. The number of nitrogens with zero attached hydrogens (tertiary/aromatic N) is 3. The number of sulfonamides is 1. The number of carbonyl (C=O) groups excluding carboxylic acids is 1. The third-order valence-corrected chi connectivity index (χ3v) is 8.19. The number of amides is 1. The third-order valence-electron chi connectivity index (χ3n) is 5.19. The van der Waals surface area contributed by atoms with E-state index in [0.717, 1.165) is 23.1 Å². The Hall–Kier alpha value is -2.69. The number of hydrogen-bond donors (Lipinski definition) is 0. The van der Waals surface area contributed by atoms with Crippen LogP contribution in [0.2, 0.25) is 0 Å². The average molecular weight is 476 g/mol. The van der Waals surface area contributed by atoms with E-state index >= 15 is 0 Å². The van der Waals surface area contributed by atoms with Gasteiger partial charge in [-0.15, -0.1) is 0 Å². The summed E-state index contributed by atoms with van der Waals surface area (Å²) in [6.45, 7) is 5.03. The first-order chi connectivity index (χ1) is 15.3. The summed E-state index contributed by atoms with van der Waals surface area (Å²) in [4.78, 5) is 17.7. The third kappa shape index (κ3) is 4.17. The molecule has 0 saturated heterocycles. The van der Waals surface area contributed by atoms with Crippen molar-refractivity contribution in [2.24, 2.45) is 12.0 Å². The highest BCUT2D eigenvalue weighted by molar-refractivity contribution is 7.89. The lowest BCUT2D eigenvalue weighted by Crippen LogP contribution is -2.32. The summed E-state index contributed by atoms with van der Waals surface area (Å²) in [5, 5.41) is 0. The zero-order valence-electron chi connectivity index (χ0n) is 18.2. The van der Waals surface area contributed by atoms with Crippen molar-refractivity contribution in [1.29, 1.82) is 0 Å². The molecule has 0 fully saturated rings. The second-order valence-corrected chi connectivity index (χ2v) is 10.4. The summed E-state index contributed by atoms with van der Waals surface area (Å²) < 4.78 is 40.9. The molecule has 2 heterocycles. The molecule has 1 aliphatic rings. The molecule has 3 aromatic rings. The number of hydrogen-bond acceptors (Lipinski definition) is 6. The molecule has 32 heavy (non-hydrogen) atoms. The van der Waals surface area contributed by atoms with Crippen molar-refractivity contribution < 1.29 is 22.7 Å². The van der Waals surface area contributed by atoms with E-state index in [0.29, 0.717) is 35.0 Å². The minimum atomic E-state index is -3.59. The highest BCUT2D eigenvalue weighted by Crippen LogP contribution is 2.36. The number of aryl methyl sites for hydroxylation is 1. The molecule has 10 heteroatoms. The fourth-order valence-corrected chi connectivity index (χ4v) is 6.20. The van der Waals surface area contributed by atoms with E-state index in [4.69, 9.17) is 9.47 Å².